The molecule has 0 N–H and O–H groups in total. The van der Waals surface area contributed by atoms with E-state index in [-0.39, 0.29) is 5.41 Å². The first-order valence-electron chi connectivity index (χ1n) is 3.69. The highest BCUT2D eigenvalue weighted by molar-refractivity contribution is 8.14. The van der Waals surface area contributed by atoms with Crippen LogP contribution in [-0.4, -0.2) is 29.6 Å². The molecule has 0 aromatic carbocycles. The summed E-state index contributed by atoms with van der Waals surface area (Å²) in [4.78, 5) is 10.9. The van der Waals surface area contributed by atoms with E-state index in [0.717, 1.165) is 11.8 Å². The Morgan fingerprint density at radius 3 is 2.15 bits per heavy atom. The molecule has 78 valence electrons. The zero-order valence-electron chi connectivity index (χ0n) is 7.86. The molecule has 0 heterocycles. The average Bonchev–Trinajstić information content (AvgIpc) is 1.78. The van der Waals surface area contributed by atoms with E-state index < -0.39 is 21.0 Å². The van der Waals surface area contributed by atoms with Crippen LogP contribution in [0.5, 0.6) is 0 Å². The van der Waals surface area contributed by atoms with Crippen molar-refractivity contribution >= 4 is 27.0 Å². The molecular weight excluding hydrogens is 212 g/mol. The number of hydrogen-bond donors (Lipinski definition) is 0. The molecule has 0 aromatic heterocycles. The Labute approximate surface area is 82.8 Å². The molecule has 0 unspecified atom stereocenters. The third-order valence-corrected chi connectivity index (χ3v) is 3.24. The number of thioether (sulfide) groups is 1. The molecule has 0 aromatic rings. The largest absolute Gasteiger partial charge is 0.748 e. The van der Waals surface area contributed by atoms with Crippen LogP contribution in [0, 0.1) is 5.41 Å². The highest BCUT2D eigenvalue weighted by Crippen LogP contribution is 2.20. The Morgan fingerprint density at radius 1 is 1.38 bits per heavy atom. The monoisotopic (exact) mass is 225 g/mol. The van der Waals surface area contributed by atoms with Gasteiger partial charge in [-0.05, 0) is 5.41 Å². The quantitative estimate of drug-likeness (QED) is 0.665. The van der Waals surface area contributed by atoms with Crippen LogP contribution in [0.15, 0.2) is 0 Å². The van der Waals surface area contributed by atoms with Gasteiger partial charge in [-0.2, -0.15) is 0 Å². The molecule has 0 aliphatic heterocycles. The first kappa shape index (κ1) is 12.9. The Hall–Kier alpha value is -0.0700. The summed E-state index contributed by atoms with van der Waals surface area (Å²) in [7, 11) is -4.41. The van der Waals surface area contributed by atoms with Gasteiger partial charge in [0.2, 0.25) is 5.12 Å². The van der Waals surface area contributed by atoms with E-state index in [0.29, 0.717) is 5.75 Å². The van der Waals surface area contributed by atoms with E-state index in [9.17, 15) is 17.8 Å². The molecular formula is C7H13O4S2-. The van der Waals surface area contributed by atoms with E-state index in [2.05, 4.69) is 0 Å². The van der Waals surface area contributed by atoms with Gasteiger partial charge in [0.1, 0.15) is 15.9 Å². The van der Waals surface area contributed by atoms with Crippen molar-refractivity contribution < 1.29 is 17.8 Å². The molecule has 0 rings (SSSR count). The minimum absolute atomic E-state index is 0.0486. The third kappa shape index (κ3) is 9.85. The maximum absolute atomic E-state index is 10.9. The Bertz CT molecular complexity index is 273. The predicted molar refractivity (Wildman–Crippen MR) is 51.5 cm³/mol. The first-order valence-corrected chi connectivity index (χ1v) is 6.26. The standard InChI is InChI=1S/C7H14O4S2/c1-7(2,3)5-12-6(8)4-13(9,10)11/h4-5H2,1-3H3,(H,9,10,11)/p-1. The van der Waals surface area contributed by atoms with Crippen molar-refractivity contribution in [2.75, 3.05) is 11.5 Å². The van der Waals surface area contributed by atoms with Gasteiger partial charge in [0.15, 0.2) is 0 Å². The highest BCUT2D eigenvalue weighted by atomic mass is 32.2. The summed E-state index contributed by atoms with van der Waals surface area (Å²) in [5.74, 6) is -0.394. The third-order valence-electron chi connectivity index (χ3n) is 0.961. The normalized spacial score (nSPS) is 12.9. The molecule has 13 heavy (non-hydrogen) atoms. The molecule has 0 saturated heterocycles. The Morgan fingerprint density at radius 2 is 1.85 bits per heavy atom. The van der Waals surface area contributed by atoms with Crippen molar-refractivity contribution in [2.45, 2.75) is 20.8 Å². The summed E-state index contributed by atoms with van der Waals surface area (Å²) < 4.78 is 30.5. The summed E-state index contributed by atoms with van der Waals surface area (Å²) in [5, 5.41) is -0.579. The van der Waals surface area contributed by atoms with Gasteiger partial charge in [-0.25, -0.2) is 8.42 Å². The summed E-state index contributed by atoms with van der Waals surface area (Å²) in [6.45, 7) is 5.79. The van der Waals surface area contributed by atoms with Gasteiger partial charge in [-0.1, -0.05) is 32.5 Å². The van der Waals surface area contributed by atoms with Gasteiger partial charge in [-0.15, -0.1) is 0 Å². The van der Waals surface area contributed by atoms with Crippen LogP contribution in [0.2, 0.25) is 0 Å². The molecule has 0 saturated carbocycles. The Kier molecular flexibility index (Phi) is 4.41. The SMILES string of the molecule is CC(C)(C)CSC(=O)CS(=O)(=O)[O-]. The fourth-order valence-electron chi connectivity index (χ4n) is 0.483. The lowest BCUT2D eigenvalue weighted by Gasteiger charge is -2.16. The van der Waals surface area contributed by atoms with Gasteiger partial charge in [0.05, 0.1) is 0 Å². The van der Waals surface area contributed by atoms with Crippen LogP contribution in [0.4, 0.5) is 0 Å². The van der Waals surface area contributed by atoms with Crippen molar-refractivity contribution in [2.24, 2.45) is 5.41 Å². The summed E-state index contributed by atoms with van der Waals surface area (Å²) in [6, 6.07) is 0. The zero-order chi connectivity index (χ0) is 10.7. The van der Waals surface area contributed by atoms with Crippen molar-refractivity contribution in [3.8, 4) is 0 Å². The minimum Gasteiger partial charge on any atom is -0.748 e. The zero-order valence-corrected chi connectivity index (χ0v) is 9.50. The number of hydrogen-bond acceptors (Lipinski definition) is 5. The van der Waals surface area contributed by atoms with Crippen LogP contribution < -0.4 is 0 Å². The highest BCUT2D eigenvalue weighted by Gasteiger charge is 2.14. The first-order chi connectivity index (χ1) is 5.60. The van der Waals surface area contributed by atoms with Crippen LogP contribution in [0.1, 0.15) is 20.8 Å². The van der Waals surface area contributed by atoms with Crippen LogP contribution in [0.3, 0.4) is 0 Å². The van der Waals surface area contributed by atoms with Gasteiger partial charge < -0.3 is 4.55 Å². The number of carbonyl (C=O) groups is 1. The number of rotatable bonds is 3. The second-order valence-corrected chi connectivity index (χ2v) is 6.36. The maximum Gasteiger partial charge on any atom is 0.202 e. The van der Waals surface area contributed by atoms with Crippen molar-refractivity contribution in [1.29, 1.82) is 0 Å². The van der Waals surface area contributed by atoms with Gasteiger partial charge in [0, 0.05) is 5.75 Å². The molecule has 0 aliphatic rings. The summed E-state index contributed by atoms with van der Waals surface area (Å²) in [6.07, 6.45) is 0. The molecule has 4 nitrogen and oxygen atoms in total. The van der Waals surface area contributed by atoms with E-state index >= 15 is 0 Å². The molecule has 0 radical (unpaired) electrons. The minimum atomic E-state index is -4.41. The lowest BCUT2D eigenvalue weighted by molar-refractivity contribution is -0.108. The van der Waals surface area contributed by atoms with Crippen molar-refractivity contribution in [1.82, 2.24) is 0 Å². The second kappa shape index (κ2) is 4.43. The maximum atomic E-state index is 10.9. The van der Waals surface area contributed by atoms with Crippen molar-refractivity contribution in [3.05, 3.63) is 0 Å². The van der Waals surface area contributed by atoms with E-state index in [1.54, 1.807) is 0 Å². The molecule has 0 aliphatic carbocycles. The molecule has 0 amide bonds. The number of carbonyl (C=O) groups excluding carboxylic acids is 1. The van der Waals surface area contributed by atoms with E-state index in [1.807, 2.05) is 20.8 Å². The molecule has 6 heteroatoms. The van der Waals surface area contributed by atoms with Crippen LogP contribution in [-0.2, 0) is 14.9 Å². The van der Waals surface area contributed by atoms with E-state index in [1.165, 1.54) is 0 Å². The smallest absolute Gasteiger partial charge is 0.202 e. The average molecular weight is 225 g/mol. The molecule has 0 spiro atoms. The van der Waals surface area contributed by atoms with Gasteiger partial charge in [0.25, 0.3) is 0 Å². The summed E-state index contributed by atoms with van der Waals surface area (Å²) >= 11 is 0.892. The molecule has 0 atom stereocenters. The second-order valence-electron chi connectivity index (χ2n) is 3.92. The topological polar surface area (TPSA) is 74.3 Å². The van der Waals surface area contributed by atoms with Gasteiger partial charge in [-0.3, -0.25) is 4.79 Å². The van der Waals surface area contributed by atoms with Gasteiger partial charge >= 0.3 is 0 Å². The van der Waals surface area contributed by atoms with Crippen molar-refractivity contribution in [3.63, 3.8) is 0 Å². The molecule has 0 bridgehead atoms. The fraction of sp³-hybridized carbons (Fsp3) is 0.857. The predicted octanol–water partition coefficient (Wildman–Crippen LogP) is 0.838. The fourth-order valence-corrected chi connectivity index (χ4v) is 2.13. The lowest BCUT2D eigenvalue weighted by Crippen LogP contribution is -2.16. The lowest BCUT2D eigenvalue weighted by atomic mass is 10.0. The van der Waals surface area contributed by atoms with Crippen LogP contribution in [0.25, 0.3) is 0 Å². The molecule has 0 fully saturated rings. The summed E-state index contributed by atoms with van der Waals surface area (Å²) in [5.41, 5.74) is -0.0486. The van der Waals surface area contributed by atoms with Crippen LogP contribution >= 0.6 is 11.8 Å². The van der Waals surface area contributed by atoms with E-state index in [4.69, 9.17) is 0 Å². The Balaban J connectivity index is 3.92.